The standard InChI is InChI=1S/C16H33NO.C5H9NO4/c1-2-3-4-5-6-7-8-9-10-11-12-13-14-15-16(17)18;6-3(5(9)10)1-2-4(7)8/h2-15H2,1H3,(H2,17,18);3H,1-2,6H2,(H,7,8)(H,9,10). The van der Waals surface area contributed by atoms with E-state index in [1.54, 1.807) is 0 Å². The number of hydrogen-bond donors (Lipinski definition) is 4. The maximum absolute atomic E-state index is 10.5. The second-order valence-electron chi connectivity index (χ2n) is 7.34. The monoisotopic (exact) mass is 402 g/mol. The van der Waals surface area contributed by atoms with E-state index in [1.165, 1.54) is 77.0 Å². The summed E-state index contributed by atoms with van der Waals surface area (Å²) in [7, 11) is 0. The van der Waals surface area contributed by atoms with Crippen LogP contribution in [0.15, 0.2) is 0 Å². The fraction of sp³-hybridized carbons (Fsp3) is 0.857. The number of carbonyl (C=O) groups is 3. The number of unbranched alkanes of at least 4 members (excludes halogenated alkanes) is 12. The summed E-state index contributed by atoms with van der Waals surface area (Å²) < 4.78 is 0. The molecule has 0 aliphatic heterocycles. The lowest BCUT2D eigenvalue weighted by Gasteiger charge is -2.02. The summed E-state index contributed by atoms with van der Waals surface area (Å²) in [5.41, 5.74) is 10.1. The summed E-state index contributed by atoms with van der Waals surface area (Å²) in [6.07, 6.45) is 17.7. The van der Waals surface area contributed by atoms with Gasteiger partial charge in [0, 0.05) is 12.8 Å². The van der Waals surface area contributed by atoms with E-state index >= 15 is 0 Å². The Hall–Kier alpha value is -1.63. The van der Waals surface area contributed by atoms with Crippen LogP contribution < -0.4 is 11.5 Å². The molecule has 166 valence electrons. The van der Waals surface area contributed by atoms with Crippen molar-refractivity contribution in [3.8, 4) is 0 Å². The molecule has 7 nitrogen and oxygen atoms in total. The van der Waals surface area contributed by atoms with Crippen LogP contribution in [0.2, 0.25) is 0 Å². The number of carbonyl (C=O) groups excluding carboxylic acids is 1. The average Bonchev–Trinajstić information content (AvgIpc) is 2.63. The smallest absolute Gasteiger partial charge is 0.320 e. The van der Waals surface area contributed by atoms with Gasteiger partial charge in [0.1, 0.15) is 6.04 Å². The van der Waals surface area contributed by atoms with E-state index in [-0.39, 0.29) is 18.7 Å². The highest BCUT2D eigenvalue weighted by molar-refractivity contribution is 5.74. The zero-order valence-corrected chi connectivity index (χ0v) is 17.7. The van der Waals surface area contributed by atoms with Crippen LogP contribution in [-0.2, 0) is 14.4 Å². The van der Waals surface area contributed by atoms with Crippen LogP contribution in [0, 0.1) is 0 Å². The Labute approximate surface area is 170 Å². The number of carboxylic acid groups (broad SMARTS) is 2. The summed E-state index contributed by atoms with van der Waals surface area (Å²) in [5.74, 6) is -2.35. The van der Waals surface area contributed by atoms with E-state index in [0.717, 1.165) is 6.42 Å². The van der Waals surface area contributed by atoms with Crippen molar-refractivity contribution in [1.82, 2.24) is 0 Å². The van der Waals surface area contributed by atoms with E-state index in [1.807, 2.05) is 0 Å². The molecule has 0 aromatic carbocycles. The van der Waals surface area contributed by atoms with Gasteiger partial charge in [-0.25, -0.2) is 0 Å². The van der Waals surface area contributed by atoms with Gasteiger partial charge in [-0.2, -0.15) is 0 Å². The third-order valence-corrected chi connectivity index (χ3v) is 4.51. The van der Waals surface area contributed by atoms with Gasteiger partial charge in [-0.15, -0.1) is 0 Å². The van der Waals surface area contributed by atoms with Crippen LogP contribution in [-0.4, -0.2) is 34.1 Å². The SMILES string of the molecule is CCCCCCCCCCCCCCCC(N)=O.NC(CCC(=O)O)C(=O)O. The molecule has 0 saturated carbocycles. The van der Waals surface area contributed by atoms with Crippen molar-refractivity contribution in [3.63, 3.8) is 0 Å². The Morgan fingerprint density at radius 2 is 1.11 bits per heavy atom. The normalized spacial score (nSPS) is 11.4. The summed E-state index contributed by atoms with van der Waals surface area (Å²) in [6.45, 7) is 2.27. The third kappa shape index (κ3) is 26.6. The molecule has 28 heavy (non-hydrogen) atoms. The number of primary amides is 1. The number of rotatable bonds is 18. The van der Waals surface area contributed by atoms with Crippen molar-refractivity contribution in [3.05, 3.63) is 0 Å². The highest BCUT2D eigenvalue weighted by Gasteiger charge is 2.12. The van der Waals surface area contributed by atoms with E-state index < -0.39 is 18.0 Å². The molecule has 0 aliphatic carbocycles. The maximum atomic E-state index is 10.5. The molecule has 0 saturated heterocycles. The zero-order chi connectivity index (χ0) is 21.6. The Morgan fingerprint density at radius 1 is 0.714 bits per heavy atom. The first kappa shape index (κ1) is 28.6. The van der Waals surface area contributed by atoms with Crippen LogP contribution >= 0.6 is 0 Å². The average molecular weight is 403 g/mol. The Morgan fingerprint density at radius 3 is 1.43 bits per heavy atom. The molecule has 6 N–H and O–H groups in total. The van der Waals surface area contributed by atoms with Crippen molar-refractivity contribution >= 4 is 17.8 Å². The summed E-state index contributed by atoms with van der Waals surface area (Å²) in [6, 6.07) is -1.06. The van der Waals surface area contributed by atoms with Gasteiger partial charge in [0.05, 0.1) is 0 Å². The predicted molar refractivity (Wildman–Crippen MR) is 112 cm³/mol. The first-order valence-electron chi connectivity index (χ1n) is 10.8. The predicted octanol–water partition coefficient (Wildman–Crippen LogP) is 4.22. The van der Waals surface area contributed by atoms with Crippen LogP contribution in [0.25, 0.3) is 0 Å². The third-order valence-electron chi connectivity index (χ3n) is 4.51. The second kappa shape index (κ2) is 21.7. The molecular formula is C21H42N2O5. The molecule has 0 radical (unpaired) electrons. The van der Waals surface area contributed by atoms with Gasteiger partial charge in [0.2, 0.25) is 5.91 Å². The summed E-state index contributed by atoms with van der Waals surface area (Å²) in [4.78, 5) is 30.4. The molecule has 1 unspecified atom stereocenters. The van der Waals surface area contributed by atoms with Crippen LogP contribution in [0.3, 0.4) is 0 Å². The van der Waals surface area contributed by atoms with Crippen LogP contribution in [0.4, 0.5) is 0 Å². The van der Waals surface area contributed by atoms with Gasteiger partial charge in [-0.1, -0.05) is 84.0 Å². The number of aliphatic carboxylic acids is 2. The first-order valence-corrected chi connectivity index (χ1v) is 10.8. The maximum Gasteiger partial charge on any atom is 0.320 e. The number of nitrogens with two attached hydrogens (primary N) is 2. The summed E-state index contributed by atoms with van der Waals surface area (Å²) >= 11 is 0. The van der Waals surface area contributed by atoms with Gasteiger partial charge in [0.25, 0.3) is 0 Å². The lowest BCUT2D eigenvalue weighted by Crippen LogP contribution is -2.30. The van der Waals surface area contributed by atoms with Crippen molar-refractivity contribution in [2.24, 2.45) is 11.5 Å². The number of amides is 1. The minimum absolute atomic E-state index is 0.0231. The Kier molecular flexibility index (Phi) is 22.1. The summed E-state index contributed by atoms with van der Waals surface area (Å²) in [5, 5.41) is 16.3. The topological polar surface area (TPSA) is 144 Å². The largest absolute Gasteiger partial charge is 0.481 e. The lowest BCUT2D eigenvalue weighted by molar-refractivity contribution is -0.139. The van der Waals surface area contributed by atoms with Crippen molar-refractivity contribution in [2.45, 2.75) is 116 Å². The molecule has 7 heteroatoms. The minimum atomic E-state index is -1.17. The van der Waals surface area contributed by atoms with E-state index in [4.69, 9.17) is 21.7 Å². The van der Waals surface area contributed by atoms with Gasteiger partial charge in [0.15, 0.2) is 0 Å². The van der Waals surface area contributed by atoms with Gasteiger partial charge in [-0.3, -0.25) is 14.4 Å². The molecule has 0 heterocycles. The molecule has 1 amide bonds. The highest BCUT2D eigenvalue weighted by Crippen LogP contribution is 2.12. The fourth-order valence-electron chi connectivity index (χ4n) is 2.72. The Balaban J connectivity index is 0. The van der Waals surface area contributed by atoms with Crippen LogP contribution in [0.5, 0.6) is 0 Å². The zero-order valence-electron chi connectivity index (χ0n) is 17.7. The quantitative estimate of drug-likeness (QED) is 0.253. The van der Waals surface area contributed by atoms with E-state index in [9.17, 15) is 14.4 Å². The van der Waals surface area contributed by atoms with Gasteiger partial charge >= 0.3 is 11.9 Å². The second-order valence-corrected chi connectivity index (χ2v) is 7.34. The van der Waals surface area contributed by atoms with Crippen molar-refractivity contribution < 1.29 is 24.6 Å². The molecule has 0 aliphatic rings. The molecule has 0 fully saturated rings. The number of carboxylic acids is 2. The Bertz CT molecular complexity index is 402. The molecule has 0 bridgehead atoms. The molecule has 0 spiro atoms. The van der Waals surface area contributed by atoms with E-state index in [2.05, 4.69) is 6.92 Å². The molecule has 0 aromatic heterocycles. The first-order chi connectivity index (χ1) is 13.3. The molecular weight excluding hydrogens is 360 g/mol. The molecule has 0 rings (SSSR count). The van der Waals surface area contributed by atoms with Crippen molar-refractivity contribution in [1.29, 1.82) is 0 Å². The lowest BCUT2D eigenvalue weighted by atomic mass is 10.0. The minimum Gasteiger partial charge on any atom is -0.481 e. The highest BCUT2D eigenvalue weighted by atomic mass is 16.4. The van der Waals surface area contributed by atoms with Crippen LogP contribution in [0.1, 0.15) is 110 Å². The number of hydrogen-bond acceptors (Lipinski definition) is 4. The van der Waals surface area contributed by atoms with Gasteiger partial charge < -0.3 is 21.7 Å². The molecule has 0 aromatic rings. The van der Waals surface area contributed by atoms with E-state index in [0.29, 0.717) is 6.42 Å². The molecule has 1 atom stereocenters. The van der Waals surface area contributed by atoms with Crippen molar-refractivity contribution in [2.75, 3.05) is 0 Å². The fourth-order valence-corrected chi connectivity index (χ4v) is 2.72. The van der Waals surface area contributed by atoms with Gasteiger partial charge in [-0.05, 0) is 12.8 Å².